The molecule has 0 spiro atoms. The van der Waals surface area contributed by atoms with Gasteiger partial charge in [0.25, 0.3) is 10.0 Å². The molecular weight excluding hydrogens is 288 g/mol. The normalized spacial score (nSPS) is 18.1. The molecule has 1 heterocycles. The van der Waals surface area contributed by atoms with Crippen LogP contribution >= 0.6 is 0 Å². The maximum Gasteiger partial charge on any atom is 0.262 e. The molecule has 0 saturated heterocycles. The average Bonchev–Trinajstić information content (AvgIpc) is 2.68. The van der Waals surface area contributed by atoms with Crippen LogP contribution in [-0.2, 0) is 16.6 Å². The van der Waals surface area contributed by atoms with Crippen molar-refractivity contribution in [2.75, 3.05) is 14.1 Å². The van der Waals surface area contributed by atoms with Gasteiger partial charge in [-0.05, 0) is 26.8 Å². The molecule has 21 heavy (non-hydrogen) atoms. The smallest absolute Gasteiger partial charge is 0.262 e. The van der Waals surface area contributed by atoms with Crippen molar-refractivity contribution >= 4 is 10.0 Å². The molecule has 1 aliphatic carbocycles. The highest BCUT2D eigenvalue weighted by molar-refractivity contribution is 7.89. The first kappa shape index (κ1) is 16.5. The third-order valence-corrected chi connectivity index (χ3v) is 6.23. The van der Waals surface area contributed by atoms with E-state index in [0.717, 1.165) is 36.9 Å². The highest BCUT2D eigenvalue weighted by Gasteiger charge is 2.32. The first-order valence-corrected chi connectivity index (χ1v) is 9.09. The Bertz CT molecular complexity index is 560. The number of sulfonamides is 1. The molecule has 1 fully saturated rings. The summed E-state index contributed by atoms with van der Waals surface area (Å²) in [5, 5.41) is 10.0. The molecular formula is C14H26N4O2S. The van der Waals surface area contributed by atoms with E-state index in [4.69, 9.17) is 0 Å². The third kappa shape index (κ3) is 3.46. The van der Waals surface area contributed by atoms with Crippen LogP contribution < -0.4 is 5.32 Å². The largest absolute Gasteiger partial charge is 0.316 e. The topological polar surface area (TPSA) is 78.1 Å². The van der Waals surface area contributed by atoms with Gasteiger partial charge in [0.05, 0.1) is 0 Å². The van der Waals surface area contributed by atoms with E-state index in [1.54, 1.807) is 14.1 Å². The van der Waals surface area contributed by atoms with Crippen molar-refractivity contribution in [2.45, 2.75) is 63.1 Å². The molecule has 120 valence electrons. The Kier molecular flexibility index (Phi) is 5.40. The molecule has 2 N–H and O–H groups in total. The second kappa shape index (κ2) is 6.89. The number of aryl methyl sites for hydroxylation is 1. The van der Waals surface area contributed by atoms with Gasteiger partial charge in [-0.1, -0.05) is 25.7 Å². The molecule has 1 aliphatic rings. The van der Waals surface area contributed by atoms with E-state index < -0.39 is 10.0 Å². The summed E-state index contributed by atoms with van der Waals surface area (Å²) in [7, 11) is -0.0395. The molecule has 1 aromatic rings. The Morgan fingerprint density at radius 2 is 1.90 bits per heavy atom. The number of hydrogen-bond donors (Lipinski definition) is 2. The summed E-state index contributed by atoms with van der Waals surface area (Å²) in [4.78, 5) is 0. The van der Waals surface area contributed by atoms with Crippen LogP contribution in [0.2, 0.25) is 0 Å². The molecule has 0 atom stereocenters. The molecule has 0 aromatic carbocycles. The lowest BCUT2D eigenvalue weighted by Crippen LogP contribution is -2.37. The van der Waals surface area contributed by atoms with Crippen molar-refractivity contribution in [2.24, 2.45) is 0 Å². The first-order valence-electron chi connectivity index (χ1n) is 7.65. The summed E-state index contributed by atoms with van der Waals surface area (Å²) in [5.74, 6) is 0. The summed E-state index contributed by atoms with van der Waals surface area (Å²) in [5.41, 5.74) is 1.54. The van der Waals surface area contributed by atoms with E-state index in [9.17, 15) is 8.42 Å². The Morgan fingerprint density at radius 3 is 2.48 bits per heavy atom. The zero-order valence-electron chi connectivity index (χ0n) is 13.1. The molecule has 6 nitrogen and oxygen atoms in total. The number of rotatable bonds is 5. The van der Waals surface area contributed by atoms with Gasteiger partial charge in [0.15, 0.2) is 5.03 Å². The van der Waals surface area contributed by atoms with Crippen molar-refractivity contribution in [3.8, 4) is 0 Å². The molecule has 0 aliphatic heterocycles. The van der Waals surface area contributed by atoms with Gasteiger partial charge in [0.2, 0.25) is 0 Å². The van der Waals surface area contributed by atoms with Crippen molar-refractivity contribution in [1.29, 1.82) is 0 Å². The van der Waals surface area contributed by atoms with Gasteiger partial charge in [-0.2, -0.15) is 9.40 Å². The zero-order valence-corrected chi connectivity index (χ0v) is 14.0. The Hall–Kier alpha value is -0.920. The Labute approximate surface area is 127 Å². The van der Waals surface area contributed by atoms with Gasteiger partial charge >= 0.3 is 0 Å². The Morgan fingerprint density at radius 1 is 1.29 bits per heavy atom. The monoisotopic (exact) mass is 314 g/mol. The minimum atomic E-state index is -3.54. The van der Waals surface area contributed by atoms with Gasteiger partial charge in [-0.3, -0.25) is 5.10 Å². The average molecular weight is 314 g/mol. The van der Waals surface area contributed by atoms with E-state index in [2.05, 4.69) is 15.5 Å². The fraction of sp³-hybridized carbons (Fsp3) is 0.786. The number of aromatic nitrogens is 2. The van der Waals surface area contributed by atoms with Crippen LogP contribution in [0, 0.1) is 6.92 Å². The summed E-state index contributed by atoms with van der Waals surface area (Å²) < 4.78 is 27.3. The molecule has 7 heteroatoms. The lowest BCUT2D eigenvalue weighted by molar-refractivity contribution is 0.334. The minimum absolute atomic E-state index is 0.0944. The molecule has 0 radical (unpaired) electrons. The van der Waals surface area contributed by atoms with E-state index in [1.807, 2.05) is 6.92 Å². The Balaban J connectivity index is 2.28. The van der Waals surface area contributed by atoms with Crippen LogP contribution in [-0.4, -0.2) is 43.1 Å². The maximum atomic E-state index is 12.9. The highest BCUT2D eigenvalue weighted by Crippen LogP contribution is 2.27. The number of aromatic amines is 1. The van der Waals surface area contributed by atoms with Crippen LogP contribution in [0.15, 0.2) is 5.03 Å². The van der Waals surface area contributed by atoms with Crippen LogP contribution in [0.5, 0.6) is 0 Å². The van der Waals surface area contributed by atoms with E-state index >= 15 is 0 Å². The van der Waals surface area contributed by atoms with Gasteiger partial charge < -0.3 is 5.32 Å². The lowest BCUT2D eigenvalue weighted by atomic mass is 10.1. The minimum Gasteiger partial charge on any atom is -0.316 e. The van der Waals surface area contributed by atoms with Crippen LogP contribution in [0.1, 0.15) is 49.8 Å². The van der Waals surface area contributed by atoms with Gasteiger partial charge in [-0.15, -0.1) is 0 Å². The predicted octanol–water partition coefficient (Wildman–Crippen LogP) is 1.78. The van der Waals surface area contributed by atoms with E-state index in [0.29, 0.717) is 6.54 Å². The summed E-state index contributed by atoms with van der Waals surface area (Å²) in [6, 6.07) is 0.0944. The second-order valence-electron chi connectivity index (χ2n) is 5.83. The number of hydrogen-bond acceptors (Lipinski definition) is 4. The number of nitrogens with zero attached hydrogens (tertiary/aromatic N) is 2. The van der Waals surface area contributed by atoms with E-state index in [1.165, 1.54) is 17.1 Å². The number of H-pyrrole nitrogens is 1. The second-order valence-corrected chi connectivity index (χ2v) is 7.74. The molecule has 0 amide bonds. The zero-order chi connectivity index (χ0) is 15.5. The lowest BCUT2D eigenvalue weighted by Gasteiger charge is -2.26. The maximum absolute atomic E-state index is 12.9. The molecule has 1 aromatic heterocycles. The van der Waals surface area contributed by atoms with Crippen LogP contribution in [0.3, 0.4) is 0 Å². The summed E-state index contributed by atoms with van der Waals surface area (Å²) in [6.07, 6.45) is 6.51. The fourth-order valence-electron chi connectivity index (χ4n) is 2.98. The fourth-order valence-corrected chi connectivity index (χ4v) is 4.56. The third-order valence-electron chi connectivity index (χ3n) is 4.35. The standard InChI is InChI=1S/C14H26N4O2S/c1-11-13(10-15-2)14(17-16-11)21(19,20)18(3)12-8-6-4-5-7-9-12/h12,15H,4-10H2,1-3H3,(H,16,17). The van der Waals surface area contributed by atoms with E-state index in [-0.39, 0.29) is 11.1 Å². The van der Waals surface area contributed by atoms with Crippen molar-refractivity contribution in [3.05, 3.63) is 11.3 Å². The van der Waals surface area contributed by atoms with Gasteiger partial charge in [0.1, 0.15) is 0 Å². The molecule has 1 saturated carbocycles. The SMILES string of the molecule is CNCc1c(S(=O)(=O)N(C)C2CCCCCC2)n[nH]c1C. The van der Waals surface area contributed by atoms with Crippen molar-refractivity contribution < 1.29 is 8.42 Å². The quantitative estimate of drug-likeness (QED) is 0.812. The van der Waals surface area contributed by atoms with Crippen LogP contribution in [0.4, 0.5) is 0 Å². The summed E-state index contributed by atoms with van der Waals surface area (Å²) in [6.45, 7) is 2.35. The van der Waals surface area contributed by atoms with Gasteiger partial charge in [0, 0.05) is 30.9 Å². The first-order chi connectivity index (χ1) is 9.98. The molecule has 2 rings (SSSR count). The van der Waals surface area contributed by atoms with Gasteiger partial charge in [-0.25, -0.2) is 8.42 Å². The van der Waals surface area contributed by atoms with Crippen molar-refractivity contribution in [3.63, 3.8) is 0 Å². The number of nitrogens with one attached hydrogen (secondary N) is 2. The highest BCUT2D eigenvalue weighted by atomic mass is 32.2. The molecule has 0 bridgehead atoms. The van der Waals surface area contributed by atoms with Crippen molar-refractivity contribution in [1.82, 2.24) is 19.8 Å². The predicted molar refractivity (Wildman–Crippen MR) is 82.5 cm³/mol. The van der Waals surface area contributed by atoms with Crippen LogP contribution in [0.25, 0.3) is 0 Å². The molecule has 0 unspecified atom stereocenters. The summed E-state index contributed by atoms with van der Waals surface area (Å²) >= 11 is 0.